The van der Waals surface area contributed by atoms with Crippen molar-refractivity contribution in [2.75, 3.05) is 5.32 Å². The van der Waals surface area contributed by atoms with Crippen molar-refractivity contribution in [2.45, 2.75) is 13.5 Å². The van der Waals surface area contributed by atoms with E-state index in [4.69, 9.17) is 0 Å². The molecule has 0 amide bonds. The Bertz CT molecular complexity index is 529. The highest BCUT2D eigenvalue weighted by Gasteiger charge is 2.05. The van der Waals surface area contributed by atoms with Crippen LogP contribution in [0.4, 0.5) is 14.6 Å². The van der Waals surface area contributed by atoms with E-state index in [0.717, 1.165) is 23.7 Å². The van der Waals surface area contributed by atoms with Crippen molar-refractivity contribution >= 4 is 5.82 Å². The monoisotopic (exact) mass is 235 g/mol. The summed E-state index contributed by atoms with van der Waals surface area (Å²) < 4.78 is 25.9. The predicted molar refractivity (Wildman–Crippen MR) is 60.5 cm³/mol. The van der Waals surface area contributed by atoms with Gasteiger partial charge in [-0.15, -0.1) is 0 Å². The molecule has 0 aliphatic rings. The SMILES string of the molecule is Cc1cccc(CNc2ncc(F)cc2F)n1. The van der Waals surface area contributed by atoms with Crippen LogP contribution in [0.2, 0.25) is 0 Å². The second kappa shape index (κ2) is 4.86. The number of aryl methyl sites for hydroxylation is 1. The summed E-state index contributed by atoms with van der Waals surface area (Å²) in [5.74, 6) is -1.38. The Morgan fingerprint density at radius 1 is 1.29 bits per heavy atom. The lowest BCUT2D eigenvalue weighted by atomic mass is 10.3. The van der Waals surface area contributed by atoms with Crippen LogP contribution >= 0.6 is 0 Å². The quantitative estimate of drug-likeness (QED) is 0.888. The van der Waals surface area contributed by atoms with E-state index in [1.807, 2.05) is 25.1 Å². The fourth-order valence-electron chi connectivity index (χ4n) is 1.42. The van der Waals surface area contributed by atoms with Gasteiger partial charge < -0.3 is 5.32 Å². The smallest absolute Gasteiger partial charge is 0.168 e. The van der Waals surface area contributed by atoms with Gasteiger partial charge in [-0.1, -0.05) is 6.07 Å². The predicted octanol–water partition coefficient (Wildman–Crippen LogP) is 2.68. The summed E-state index contributed by atoms with van der Waals surface area (Å²) in [6, 6.07) is 6.36. The van der Waals surface area contributed by atoms with Crippen LogP contribution in [-0.2, 0) is 6.54 Å². The van der Waals surface area contributed by atoms with Gasteiger partial charge >= 0.3 is 0 Å². The molecule has 88 valence electrons. The molecule has 2 aromatic rings. The lowest BCUT2D eigenvalue weighted by molar-refractivity contribution is 0.575. The van der Waals surface area contributed by atoms with Gasteiger partial charge in [-0.05, 0) is 19.1 Å². The first-order chi connectivity index (χ1) is 8.15. The Morgan fingerprint density at radius 3 is 2.82 bits per heavy atom. The van der Waals surface area contributed by atoms with Gasteiger partial charge in [0.2, 0.25) is 0 Å². The van der Waals surface area contributed by atoms with Crippen LogP contribution in [0.3, 0.4) is 0 Å². The third-order valence-electron chi connectivity index (χ3n) is 2.19. The van der Waals surface area contributed by atoms with Crippen LogP contribution in [0.15, 0.2) is 30.5 Å². The van der Waals surface area contributed by atoms with Crippen LogP contribution in [-0.4, -0.2) is 9.97 Å². The van der Waals surface area contributed by atoms with Gasteiger partial charge in [0.25, 0.3) is 0 Å². The Hall–Kier alpha value is -2.04. The third-order valence-corrected chi connectivity index (χ3v) is 2.19. The van der Waals surface area contributed by atoms with Gasteiger partial charge in [0.1, 0.15) is 5.82 Å². The van der Waals surface area contributed by atoms with Crippen molar-refractivity contribution in [1.82, 2.24) is 9.97 Å². The molecule has 0 fully saturated rings. The molecule has 17 heavy (non-hydrogen) atoms. The summed E-state index contributed by atoms with van der Waals surface area (Å²) in [7, 11) is 0. The van der Waals surface area contributed by atoms with Crippen molar-refractivity contribution in [1.29, 1.82) is 0 Å². The second-order valence-electron chi connectivity index (χ2n) is 3.61. The maximum atomic E-state index is 13.2. The van der Waals surface area contributed by atoms with Crippen molar-refractivity contribution in [2.24, 2.45) is 0 Å². The highest BCUT2D eigenvalue weighted by Crippen LogP contribution is 2.12. The molecule has 0 unspecified atom stereocenters. The summed E-state index contributed by atoms with van der Waals surface area (Å²) >= 11 is 0. The number of hydrogen-bond acceptors (Lipinski definition) is 3. The zero-order valence-electron chi connectivity index (χ0n) is 9.24. The Labute approximate surface area is 97.5 Å². The average molecular weight is 235 g/mol. The molecule has 2 aromatic heterocycles. The lowest BCUT2D eigenvalue weighted by Crippen LogP contribution is -2.05. The minimum absolute atomic E-state index is 0.0229. The van der Waals surface area contributed by atoms with E-state index in [0.29, 0.717) is 6.54 Å². The highest BCUT2D eigenvalue weighted by molar-refractivity contribution is 5.36. The van der Waals surface area contributed by atoms with Gasteiger partial charge in [0, 0.05) is 11.8 Å². The summed E-state index contributed by atoms with van der Waals surface area (Å²) in [6.07, 6.45) is 0.967. The van der Waals surface area contributed by atoms with Crippen LogP contribution in [0, 0.1) is 18.6 Å². The number of halogens is 2. The number of pyridine rings is 2. The van der Waals surface area contributed by atoms with Crippen LogP contribution in [0.1, 0.15) is 11.4 Å². The topological polar surface area (TPSA) is 37.8 Å². The minimum Gasteiger partial charge on any atom is -0.362 e. The van der Waals surface area contributed by atoms with Crippen molar-refractivity contribution in [3.8, 4) is 0 Å². The summed E-state index contributed by atoms with van der Waals surface area (Å²) in [6.45, 7) is 2.22. The standard InChI is InChI=1S/C12H11F2N3/c1-8-3-2-4-10(17-8)7-16-12-11(14)5-9(13)6-15-12/h2-6H,7H2,1H3,(H,15,16). The minimum atomic E-state index is -0.711. The average Bonchev–Trinajstić information content (AvgIpc) is 2.28. The first-order valence-electron chi connectivity index (χ1n) is 5.12. The number of aromatic nitrogens is 2. The third kappa shape index (κ3) is 2.96. The highest BCUT2D eigenvalue weighted by atomic mass is 19.1. The summed E-state index contributed by atoms with van der Waals surface area (Å²) in [4.78, 5) is 7.88. The molecule has 0 saturated heterocycles. The molecule has 0 aromatic carbocycles. The molecule has 2 rings (SSSR count). The molecule has 0 bridgehead atoms. The lowest BCUT2D eigenvalue weighted by Gasteiger charge is -2.06. The van der Waals surface area contributed by atoms with Gasteiger partial charge in [-0.2, -0.15) is 0 Å². The molecular weight excluding hydrogens is 224 g/mol. The Morgan fingerprint density at radius 2 is 2.12 bits per heavy atom. The van der Waals surface area contributed by atoms with Crippen molar-refractivity contribution in [3.05, 3.63) is 53.5 Å². The molecule has 0 radical (unpaired) electrons. The van der Waals surface area contributed by atoms with Crippen LogP contribution < -0.4 is 5.32 Å². The van der Waals surface area contributed by atoms with Crippen LogP contribution in [0.25, 0.3) is 0 Å². The summed E-state index contributed by atoms with van der Waals surface area (Å²) in [5, 5.41) is 2.77. The zero-order chi connectivity index (χ0) is 12.3. The normalized spacial score (nSPS) is 10.3. The molecule has 3 nitrogen and oxygen atoms in total. The van der Waals surface area contributed by atoms with Gasteiger partial charge in [-0.25, -0.2) is 13.8 Å². The molecule has 2 heterocycles. The molecule has 5 heteroatoms. The fourth-order valence-corrected chi connectivity index (χ4v) is 1.42. The molecule has 0 spiro atoms. The van der Waals surface area contributed by atoms with E-state index in [9.17, 15) is 8.78 Å². The van der Waals surface area contributed by atoms with Crippen molar-refractivity contribution < 1.29 is 8.78 Å². The van der Waals surface area contributed by atoms with Gasteiger partial charge in [0.15, 0.2) is 11.6 Å². The molecule has 0 aliphatic heterocycles. The Kier molecular flexibility index (Phi) is 3.27. The van der Waals surface area contributed by atoms with E-state index >= 15 is 0 Å². The molecule has 0 aliphatic carbocycles. The zero-order valence-corrected chi connectivity index (χ0v) is 9.24. The molecule has 0 atom stereocenters. The molecular formula is C12H11F2N3. The molecule has 1 N–H and O–H groups in total. The van der Waals surface area contributed by atoms with Gasteiger partial charge in [-0.3, -0.25) is 4.98 Å². The number of rotatable bonds is 3. The number of anilines is 1. The summed E-state index contributed by atoms with van der Waals surface area (Å²) in [5.41, 5.74) is 1.66. The van der Waals surface area contributed by atoms with E-state index < -0.39 is 11.6 Å². The molecule has 0 saturated carbocycles. The first kappa shape index (κ1) is 11.4. The van der Waals surface area contributed by atoms with E-state index in [2.05, 4.69) is 15.3 Å². The largest absolute Gasteiger partial charge is 0.362 e. The number of hydrogen-bond donors (Lipinski definition) is 1. The maximum Gasteiger partial charge on any atom is 0.168 e. The number of nitrogens with zero attached hydrogens (tertiary/aromatic N) is 2. The Balaban J connectivity index is 2.07. The first-order valence-corrected chi connectivity index (χ1v) is 5.12. The van der Waals surface area contributed by atoms with E-state index in [1.54, 1.807) is 0 Å². The fraction of sp³-hybridized carbons (Fsp3) is 0.167. The maximum absolute atomic E-state index is 13.2. The van der Waals surface area contributed by atoms with E-state index in [-0.39, 0.29) is 5.82 Å². The van der Waals surface area contributed by atoms with Gasteiger partial charge in [0.05, 0.1) is 18.4 Å². The number of nitrogens with one attached hydrogen (secondary N) is 1. The van der Waals surface area contributed by atoms with Crippen LogP contribution in [0.5, 0.6) is 0 Å². The second-order valence-corrected chi connectivity index (χ2v) is 3.61. The van der Waals surface area contributed by atoms with E-state index in [1.165, 1.54) is 0 Å². The van der Waals surface area contributed by atoms with Crippen molar-refractivity contribution in [3.63, 3.8) is 0 Å².